The molecule has 0 radical (unpaired) electrons. The molecule has 6 nitrogen and oxygen atoms in total. The lowest BCUT2D eigenvalue weighted by atomic mass is 9.93. The quantitative estimate of drug-likeness (QED) is 0.563. The summed E-state index contributed by atoms with van der Waals surface area (Å²) in [5.41, 5.74) is 2.12. The third-order valence-corrected chi connectivity index (χ3v) is 5.72. The third-order valence-electron chi connectivity index (χ3n) is 5.43. The Morgan fingerprint density at radius 3 is 2.74 bits per heavy atom. The molecule has 1 aliphatic rings. The monoisotopic (exact) mass is 448 g/mol. The molecule has 3 heterocycles. The lowest BCUT2D eigenvalue weighted by Crippen LogP contribution is -2.42. The van der Waals surface area contributed by atoms with E-state index in [9.17, 15) is 13.9 Å². The molecule has 2 aromatic heterocycles. The first-order valence-corrected chi connectivity index (χ1v) is 10.6. The molecular formula is C22H23ClF2N4O2. The predicted octanol–water partition coefficient (Wildman–Crippen LogP) is 4.39. The van der Waals surface area contributed by atoms with E-state index in [1.807, 2.05) is 13.8 Å². The zero-order chi connectivity index (χ0) is 22.1. The minimum absolute atomic E-state index is 0.0363. The van der Waals surface area contributed by atoms with Gasteiger partial charge < -0.3 is 15.2 Å². The summed E-state index contributed by atoms with van der Waals surface area (Å²) in [6.45, 7) is 4.67. The molecule has 31 heavy (non-hydrogen) atoms. The lowest BCUT2D eigenvalue weighted by Gasteiger charge is -2.28. The second-order valence-electron chi connectivity index (χ2n) is 7.91. The second-order valence-corrected chi connectivity index (χ2v) is 8.18. The zero-order valence-electron chi connectivity index (χ0n) is 17.2. The molecule has 164 valence electrons. The smallest absolute Gasteiger partial charge is 0.223 e. The van der Waals surface area contributed by atoms with E-state index in [0.29, 0.717) is 18.4 Å². The van der Waals surface area contributed by atoms with E-state index in [2.05, 4.69) is 20.3 Å². The van der Waals surface area contributed by atoms with Gasteiger partial charge in [0.25, 0.3) is 0 Å². The Labute approximate surface area is 183 Å². The standard InChI is InChI=1S/C22H23ClF2N4O2/c1-11(2)19-13(7-23)8-26-21-14(19)5-12(6-15(21)24)20-16(25)9-27-22(29-20)28-17-3-4-31-10-18(17)30/h5-6,8-9,11,17-18,30H,3-4,7,10H2,1-2H3,(H,27,28,29)/t17-,18+/m1/s1. The summed E-state index contributed by atoms with van der Waals surface area (Å²) in [5, 5.41) is 13.7. The van der Waals surface area contributed by atoms with E-state index in [4.69, 9.17) is 16.3 Å². The molecular weight excluding hydrogens is 426 g/mol. The van der Waals surface area contributed by atoms with Gasteiger partial charge in [0.1, 0.15) is 17.0 Å². The number of alkyl halides is 1. The van der Waals surface area contributed by atoms with Crippen molar-refractivity contribution >= 4 is 28.5 Å². The number of pyridine rings is 1. The highest BCUT2D eigenvalue weighted by Gasteiger charge is 2.25. The number of hydrogen-bond acceptors (Lipinski definition) is 6. The number of halogens is 3. The number of aliphatic hydroxyl groups excluding tert-OH is 1. The fraction of sp³-hybridized carbons (Fsp3) is 0.409. The van der Waals surface area contributed by atoms with Gasteiger partial charge in [-0.2, -0.15) is 0 Å². The van der Waals surface area contributed by atoms with Gasteiger partial charge in [-0.15, -0.1) is 11.6 Å². The van der Waals surface area contributed by atoms with Crippen molar-refractivity contribution in [2.45, 2.75) is 44.2 Å². The Balaban J connectivity index is 1.80. The second kappa shape index (κ2) is 8.98. The minimum Gasteiger partial charge on any atom is -0.389 e. The summed E-state index contributed by atoms with van der Waals surface area (Å²) in [7, 11) is 0. The van der Waals surface area contributed by atoms with Crippen molar-refractivity contribution < 1.29 is 18.6 Å². The van der Waals surface area contributed by atoms with Gasteiger partial charge in [-0.1, -0.05) is 13.8 Å². The average Bonchev–Trinajstić information content (AvgIpc) is 2.75. The molecule has 1 aromatic carbocycles. The third kappa shape index (κ3) is 4.33. The van der Waals surface area contributed by atoms with E-state index in [-0.39, 0.29) is 47.2 Å². The van der Waals surface area contributed by atoms with Crippen molar-refractivity contribution in [3.05, 3.63) is 47.3 Å². The van der Waals surface area contributed by atoms with Crippen molar-refractivity contribution in [3.8, 4) is 11.3 Å². The van der Waals surface area contributed by atoms with Crippen molar-refractivity contribution in [2.24, 2.45) is 0 Å². The molecule has 0 saturated carbocycles. The van der Waals surface area contributed by atoms with Crippen LogP contribution in [0.25, 0.3) is 22.2 Å². The molecule has 0 unspecified atom stereocenters. The first kappa shape index (κ1) is 21.8. The molecule has 0 spiro atoms. The largest absolute Gasteiger partial charge is 0.389 e. The number of nitrogens with zero attached hydrogens (tertiary/aromatic N) is 3. The van der Waals surface area contributed by atoms with Crippen LogP contribution in [0.5, 0.6) is 0 Å². The molecule has 1 aliphatic heterocycles. The van der Waals surface area contributed by atoms with Gasteiger partial charge in [-0.3, -0.25) is 4.98 Å². The van der Waals surface area contributed by atoms with Crippen molar-refractivity contribution in [1.29, 1.82) is 0 Å². The van der Waals surface area contributed by atoms with E-state index in [0.717, 1.165) is 17.3 Å². The van der Waals surface area contributed by atoms with Crippen LogP contribution in [0.3, 0.4) is 0 Å². The summed E-state index contributed by atoms with van der Waals surface area (Å²) < 4.78 is 34.8. The van der Waals surface area contributed by atoms with Gasteiger partial charge in [0.15, 0.2) is 5.82 Å². The topological polar surface area (TPSA) is 80.2 Å². The number of aromatic nitrogens is 3. The summed E-state index contributed by atoms with van der Waals surface area (Å²) in [6.07, 6.45) is 2.46. The van der Waals surface area contributed by atoms with Crippen LogP contribution in [0.15, 0.2) is 24.5 Å². The van der Waals surface area contributed by atoms with Gasteiger partial charge in [0.2, 0.25) is 5.95 Å². The molecule has 0 bridgehead atoms. The molecule has 3 aromatic rings. The van der Waals surface area contributed by atoms with Crippen LogP contribution >= 0.6 is 11.6 Å². The van der Waals surface area contributed by atoms with Crippen LogP contribution in [0, 0.1) is 11.6 Å². The molecule has 1 saturated heterocycles. The number of hydrogen-bond donors (Lipinski definition) is 2. The minimum atomic E-state index is -0.724. The van der Waals surface area contributed by atoms with Crippen LogP contribution in [-0.4, -0.2) is 45.4 Å². The highest BCUT2D eigenvalue weighted by Crippen LogP contribution is 2.34. The van der Waals surface area contributed by atoms with Crippen LogP contribution in [0.2, 0.25) is 0 Å². The van der Waals surface area contributed by atoms with E-state index >= 15 is 0 Å². The predicted molar refractivity (Wildman–Crippen MR) is 115 cm³/mol. The first-order valence-electron chi connectivity index (χ1n) is 10.1. The van der Waals surface area contributed by atoms with Crippen molar-refractivity contribution in [3.63, 3.8) is 0 Å². The average molecular weight is 449 g/mol. The zero-order valence-corrected chi connectivity index (χ0v) is 18.0. The van der Waals surface area contributed by atoms with Gasteiger partial charge in [0.05, 0.1) is 24.9 Å². The van der Waals surface area contributed by atoms with Gasteiger partial charge in [-0.05, 0) is 35.6 Å². The Morgan fingerprint density at radius 1 is 1.23 bits per heavy atom. The highest BCUT2D eigenvalue weighted by atomic mass is 35.5. The number of anilines is 1. The van der Waals surface area contributed by atoms with Crippen LogP contribution in [0.4, 0.5) is 14.7 Å². The Morgan fingerprint density at radius 2 is 2.03 bits per heavy atom. The Hall–Kier alpha value is -2.42. The first-order chi connectivity index (χ1) is 14.9. The number of benzene rings is 1. The van der Waals surface area contributed by atoms with E-state index < -0.39 is 17.7 Å². The molecule has 1 fully saturated rings. The van der Waals surface area contributed by atoms with E-state index in [1.54, 1.807) is 12.3 Å². The molecule has 0 aliphatic carbocycles. The summed E-state index contributed by atoms with van der Waals surface area (Å²) >= 11 is 6.07. The van der Waals surface area contributed by atoms with Gasteiger partial charge in [0, 0.05) is 29.6 Å². The SMILES string of the molecule is CC(C)c1c(CCl)cnc2c(F)cc(-c3nc(N[C@@H]4CCOC[C@@H]4O)ncc3F)cc12. The van der Waals surface area contributed by atoms with Crippen molar-refractivity contribution in [2.75, 3.05) is 18.5 Å². The lowest BCUT2D eigenvalue weighted by molar-refractivity contribution is -0.0136. The normalized spacial score (nSPS) is 19.2. The van der Waals surface area contributed by atoms with Crippen LogP contribution < -0.4 is 5.32 Å². The molecule has 4 rings (SSSR count). The maximum absolute atomic E-state index is 14.9. The Kier molecular flexibility index (Phi) is 6.31. The fourth-order valence-electron chi connectivity index (χ4n) is 3.94. The van der Waals surface area contributed by atoms with Crippen LogP contribution in [-0.2, 0) is 10.6 Å². The molecule has 9 heteroatoms. The maximum atomic E-state index is 14.9. The van der Waals surface area contributed by atoms with E-state index in [1.165, 1.54) is 6.07 Å². The molecule has 0 amide bonds. The summed E-state index contributed by atoms with van der Waals surface area (Å²) in [4.78, 5) is 12.5. The summed E-state index contributed by atoms with van der Waals surface area (Å²) in [5.74, 6) is -0.783. The Bertz CT molecular complexity index is 1110. The number of ether oxygens (including phenoxy) is 1. The fourth-order valence-corrected chi connectivity index (χ4v) is 4.15. The van der Waals surface area contributed by atoms with Crippen molar-refractivity contribution in [1.82, 2.24) is 15.0 Å². The van der Waals surface area contributed by atoms with Gasteiger partial charge >= 0.3 is 0 Å². The number of rotatable bonds is 5. The maximum Gasteiger partial charge on any atom is 0.223 e. The number of aliphatic hydroxyl groups is 1. The molecule has 2 N–H and O–H groups in total. The molecule has 2 atom stereocenters. The number of nitrogens with one attached hydrogen (secondary N) is 1. The summed E-state index contributed by atoms with van der Waals surface area (Å²) in [6, 6.07) is 2.59. The van der Waals surface area contributed by atoms with Crippen LogP contribution in [0.1, 0.15) is 37.3 Å². The highest BCUT2D eigenvalue weighted by molar-refractivity contribution is 6.17. The number of fused-ring (bicyclic) bond motifs is 1. The van der Waals surface area contributed by atoms with Gasteiger partial charge in [-0.25, -0.2) is 18.7 Å².